The molecule has 154 valence electrons. The van der Waals surface area contributed by atoms with E-state index in [2.05, 4.69) is 22.8 Å². The van der Waals surface area contributed by atoms with Gasteiger partial charge in [0.1, 0.15) is 11.5 Å². The molecule has 0 saturated heterocycles. The summed E-state index contributed by atoms with van der Waals surface area (Å²) in [6.07, 6.45) is 3.70. The van der Waals surface area contributed by atoms with Crippen LogP contribution in [0.15, 0.2) is 53.6 Å². The molecule has 0 radical (unpaired) electrons. The summed E-state index contributed by atoms with van der Waals surface area (Å²) in [6.45, 7) is 2.95. The molecular formula is C22H27N3O4. The van der Waals surface area contributed by atoms with E-state index in [4.69, 9.17) is 9.47 Å². The van der Waals surface area contributed by atoms with Crippen molar-refractivity contribution in [1.29, 1.82) is 0 Å². The van der Waals surface area contributed by atoms with Crippen molar-refractivity contribution in [3.05, 3.63) is 59.7 Å². The van der Waals surface area contributed by atoms with Crippen LogP contribution in [0.5, 0.6) is 11.5 Å². The molecular weight excluding hydrogens is 370 g/mol. The molecule has 2 aromatic rings. The molecule has 0 aliphatic heterocycles. The summed E-state index contributed by atoms with van der Waals surface area (Å²) in [5.74, 6) is 0.865. The minimum absolute atomic E-state index is 0.119. The van der Waals surface area contributed by atoms with E-state index >= 15 is 0 Å². The Morgan fingerprint density at radius 2 is 1.86 bits per heavy atom. The second-order valence-corrected chi connectivity index (χ2v) is 6.27. The second kappa shape index (κ2) is 12.2. The molecule has 7 nitrogen and oxygen atoms in total. The summed E-state index contributed by atoms with van der Waals surface area (Å²) in [5.41, 5.74) is 3.75. The molecule has 0 fully saturated rings. The Labute approximate surface area is 171 Å². The molecule has 0 heterocycles. The number of nitrogens with one attached hydrogen (secondary N) is 2. The van der Waals surface area contributed by atoms with Crippen molar-refractivity contribution in [2.75, 3.05) is 20.3 Å². The Balaban J connectivity index is 1.74. The Morgan fingerprint density at radius 1 is 1.10 bits per heavy atom. The van der Waals surface area contributed by atoms with Crippen LogP contribution in [0.3, 0.4) is 0 Å². The normalized spacial score (nSPS) is 10.6. The van der Waals surface area contributed by atoms with Gasteiger partial charge in [0.15, 0.2) is 0 Å². The number of amides is 2. The minimum Gasteiger partial charge on any atom is -0.497 e. The Bertz CT molecular complexity index is 819. The van der Waals surface area contributed by atoms with Crippen molar-refractivity contribution in [3.63, 3.8) is 0 Å². The number of carbonyl (C=O) groups is 2. The number of methoxy groups -OCH3 is 1. The first-order valence-electron chi connectivity index (χ1n) is 9.60. The lowest BCUT2D eigenvalue weighted by Crippen LogP contribution is -2.29. The van der Waals surface area contributed by atoms with E-state index in [1.165, 1.54) is 0 Å². The lowest BCUT2D eigenvalue weighted by molar-refractivity contribution is -0.120. The lowest BCUT2D eigenvalue weighted by Gasteiger charge is -2.08. The predicted octanol–water partition coefficient (Wildman–Crippen LogP) is 3.14. The molecule has 2 aromatic carbocycles. The largest absolute Gasteiger partial charge is 0.497 e. The van der Waals surface area contributed by atoms with E-state index in [-0.39, 0.29) is 24.8 Å². The molecule has 0 atom stereocenters. The van der Waals surface area contributed by atoms with Gasteiger partial charge < -0.3 is 14.8 Å². The van der Waals surface area contributed by atoms with E-state index < -0.39 is 0 Å². The number of benzene rings is 2. The first-order valence-corrected chi connectivity index (χ1v) is 9.60. The number of hydrogen-bond donors (Lipinski definition) is 2. The van der Waals surface area contributed by atoms with Gasteiger partial charge >= 0.3 is 0 Å². The van der Waals surface area contributed by atoms with Crippen LogP contribution in [0, 0.1) is 0 Å². The Kier molecular flexibility index (Phi) is 9.21. The van der Waals surface area contributed by atoms with Gasteiger partial charge in [0.05, 0.1) is 19.9 Å². The van der Waals surface area contributed by atoms with Crippen LogP contribution in [0.1, 0.15) is 42.1 Å². The third-order valence-electron chi connectivity index (χ3n) is 4.06. The topological polar surface area (TPSA) is 89.0 Å². The van der Waals surface area contributed by atoms with Crippen molar-refractivity contribution < 1.29 is 19.1 Å². The van der Waals surface area contributed by atoms with Gasteiger partial charge in [-0.3, -0.25) is 9.59 Å². The molecule has 0 aromatic heterocycles. The molecule has 0 aliphatic carbocycles. The summed E-state index contributed by atoms with van der Waals surface area (Å²) in [5, 5.41) is 6.68. The smallest absolute Gasteiger partial charge is 0.251 e. The third kappa shape index (κ3) is 7.65. The molecule has 0 bridgehead atoms. The van der Waals surface area contributed by atoms with Crippen molar-refractivity contribution in [2.45, 2.75) is 26.2 Å². The van der Waals surface area contributed by atoms with Crippen LogP contribution in [-0.2, 0) is 4.79 Å². The van der Waals surface area contributed by atoms with Gasteiger partial charge in [-0.25, -0.2) is 5.43 Å². The summed E-state index contributed by atoms with van der Waals surface area (Å²) in [6, 6.07) is 14.3. The first-order chi connectivity index (χ1) is 14.1. The van der Waals surface area contributed by atoms with Crippen LogP contribution in [0.2, 0.25) is 0 Å². The average Bonchev–Trinajstić information content (AvgIpc) is 2.75. The standard InChI is InChI=1S/C22H27N3O4/c1-3-4-15-29-20-8-6-5-7-18(20)16-24-25-21(26)13-14-23-22(27)17-9-11-19(28-2)12-10-17/h5-12,16H,3-4,13-15H2,1-2H3,(H,23,27)(H,25,26). The average molecular weight is 397 g/mol. The number of hydrazone groups is 1. The molecule has 2 N–H and O–H groups in total. The molecule has 7 heteroatoms. The summed E-state index contributed by atoms with van der Waals surface area (Å²) in [7, 11) is 1.56. The molecule has 0 unspecified atom stereocenters. The fourth-order valence-electron chi connectivity index (χ4n) is 2.41. The van der Waals surface area contributed by atoms with E-state index in [0.717, 1.165) is 24.2 Å². The van der Waals surface area contributed by atoms with Gasteiger partial charge in [0.25, 0.3) is 5.91 Å². The number of carbonyl (C=O) groups excluding carboxylic acids is 2. The Hall–Kier alpha value is -3.35. The summed E-state index contributed by atoms with van der Waals surface area (Å²) in [4.78, 5) is 23.9. The number of rotatable bonds is 11. The van der Waals surface area contributed by atoms with Crippen molar-refractivity contribution in [2.24, 2.45) is 5.10 Å². The fourth-order valence-corrected chi connectivity index (χ4v) is 2.41. The van der Waals surface area contributed by atoms with Crippen LogP contribution in [-0.4, -0.2) is 38.3 Å². The van der Waals surface area contributed by atoms with Gasteiger partial charge in [0, 0.05) is 24.1 Å². The molecule has 0 aliphatic rings. The SMILES string of the molecule is CCCCOc1ccccc1C=NNC(=O)CCNC(=O)c1ccc(OC)cc1. The summed E-state index contributed by atoms with van der Waals surface area (Å²) < 4.78 is 10.8. The van der Waals surface area contributed by atoms with Gasteiger partial charge in [-0.1, -0.05) is 25.5 Å². The molecule has 2 amide bonds. The minimum atomic E-state index is -0.291. The highest BCUT2D eigenvalue weighted by Crippen LogP contribution is 2.16. The monoisotopic (exact) mass is 397 g/mol. The predicted molar refractivity (Wildman–Crippen MR) is 113 cm³/mol. The van der Waals surface area contributed by atoms with Gasteiger partial charge in [-0.2, -0.15) is 5.10 Å². The van der Waals surface area contributed by atoms with Gasteiger partial charge in [-0.15, -0.1) is 0 Å². The molecule has 2 rings (SSSR count). The van der Waals surface area contributed by atoms with E-state index in [1.807, 2.05) is 24.3 Å². The van der Waals surface area contributed by atoms with Crippen molar-refractivity contribution >= 4 is 18.0 Å². The maximum Gasteiger partial charge on any atom is 0.251 e. The summed E-state index contributed by atoms with van der Waals surface area (Å²) >= 11 is 0. The van der Waals surface area contributed by atoms with E-state index in [0.29, 0.717) is 17.9 Å². The quantitative estimate of drug-likeness (QED) is 0.346. The van der Waals surface area contributed by atoms with Crippen LogP contribution < -0.4 is 20.2 Å². The highest BCUT2D eigenvalue weighted by Gasteiger charge is 2.07. The maximum atomic E-state index is 12.0. The maximum absolute atomic E-state index is 12.0. The van der Waals surface area contributed by atoms with Crippen molar-refractivity contribution in [1.82, 2.24) is 10.7 Å². The number of para-hydroxylation sites is 1. The molecule has 0 saturated carbocycles. The molecule has 29 heavy (non-hydrogen) atoms. The van der Waals surface area contributed by atoms with Gasteiger partial charge in [-0.05, 0) is 42.8 Å². The zero-order chi connectivity index (χ0) is 20.9. The zero-order valence-corrected chi connectivity index (χ0v) is 16.8. The second-order valence-electron chi connectivity index (χ2n) is 6.27. The number of hydrogen-bond acceptors (Lipinski definition) is 5. The van der Waals surface area contributed by atoms with Crippen LogP contribution in [0.4, 0.5) is 0 Å². The molecule has 0 spiro atoms. The Morgan fingerprint density at radius 3 is 2.59 bits per heavy atom. The lowest BCUT2D eigenvalue weighted by atomic mass is 10.2. The first kappa shape index (κ1) is 21.9. The van der Waals surface area contributed by atoms with Crippen LogP contribution in [0.25, 0.3) is 0 Å². The highest BCUT2D eigenvalue weighted by atomic mass is 16.5. The number of nitrogens with zero attached hydrogens (tertiary/aromatic N) is 1. The third-order valence-corrected chi connectivity index (χ3v) is 4.06. The van der Waals surface area contributed by atoms with Gasteiger partial charge in [0.2, 0.25) is 5.91 Å². The zero-order valence-electron chi connectivity index (χ0n) is 16.8. The van der Waals surface area contributed by atoms with E-state index in [1.54, 1.807) is 37.6 Å². The van der Waals surface area contributed by atoms with E-state index in [9.17, 15) is 9.59 Å². The fraction of sp³-hybridized carbons (Fsp3) is 0.318. The van der Waals surface area contributed by atoms with Crippen LogP contribution >= 0.6 is 0 Å². The van der Waals surface area contributed by atoms with Crippen molar-refractivity contribution in [3.8, 4) is 11.5 Å². The number of ether oxygens (including phenoxy) is 2. The highest BCUT2D eigenvalue weighted by molar-refractivity contribution is 5.94. The number of unbranched alkanes of at least 4 members (excludes halogenated alkanes) is 1.